The highest BCUT2D eigenvalue weighted by Crippen LogP contribution is 2.21. The molecule has 1 aromatic rings. The summed E-state index contributed by atoms with van der Waals surface area (Å²) in [6.07, 6.45) is 3.27. The molecule has 1 heterocycles. The first-order valence-electron chi connectivity index (χ1n) is 7.23. The van der Waals surface area contributed by atoms with E-state index >= 15 is 0 Å². The van der Waals surface area contributed by atoms with Crippen LogP contribution in [0, 0.1) is 24.7 Å². The molecule has 0 saturated heterocycles. The summed E-state index contributed by atoms with van der Waals surface area (Å²) in [7, 11) is 0. The zero-order valence-corrected chi connectivity index (χ0v) is 12.8. The van der Waals surface area contributed by atoms with Crippen molar-refractivity contribution in [3.63, 3.8) is 0 Å². The van der Waals surface area contributed by atoms with Gasteiger partial charge >= 0.3 is 0 Å². The summed E-state index contributed by atoms with van der Waals surface area (Å²) in [5.74, 6) is 3.12. The van der Waals surface area contributed by atoms with Crippen molar-refractivity contribution in [1.82, 2.24) is 9.55 Å². The van der Waals surface area contributed by atoms with Crippen molar-refractivity contribution >= 4 is 5.95 Å². The third kappa shape index (κ3) is 4.04. The van der Waals surface area contributed by atoms with Gasteiger partial charge in [-0.25, -0.2) is 4.98 Å². The van der Waals surface area contributed by atoms with Crippen molar-refractivity contribution in [3.05, 3.63) is 11.9 Å². The molecule has 0 aromatic carbocycles. The molecule has 1 rings (SSSR count). The topological polar surface area (TPSA) is 29.9 Å². The highest BCUT2D eigenvalue weighted by atomic mass is 15.2. The maximum absolute atomic E-state index is 4.57. The minimum Gasteiger partial charge on any atom is -0.355 e. The summed E-state index contributed by atoms with van der Waals surface area (Å²) in [6.45, 7) is 15.5. The Morgan fingerprint density at radius 2 is 1.83 bits per heavy atom. The van der Waals surface area contributed by atoms with Gasteiger partial charge in [0.05, 0.1) is 5.69 Å². The minimum atomic E-state index is 0.692. The number of nitrogens with one attached hydrogen (secondary N) is 1. The van der Waals surface area contributed by atoms with Crippen molar-refractivity contribution in [3.8, 4) is 0 Å². The number of hydrogen-bond acceptors (Lipinski definition) is 2. The Morgan fingerprint density at radius 3 is 2.33 bits per heavy atom. The Kier molecular flexibility index (Phi) is 5.70. The van der Waals surface area contributed by atoms with E-state index in [1.165, 1.54) is 0 Å². The number of aromatic nitrogens is 2. The maximum atomic E-state index is 4.57. The molecule has 0 fully saturated rings. The Bertz CT molecular complexity index is 345. The molecule has 0 saturated carbocycles. The van der Waals surface area contributed by atoms with Gasteiger partial charge in [0.2, 0.25) is 5.95 Å². The smallest absolute Gasteiger partial charge is 0.203 e. The van der Waals surface area contributed by atoms with Gasteiger partial charge < -0.3 is 9.88 Å². The number of anilines is 1. The molecule has 0 amide bonds. The minimum absolute atomic E-state index is 0.692. The van der Waals surface area contributed by atoms with Crippen LogP contribution in [0.2, 0.25) is 0 Å². The maximum Gasteiger partial charge on any atom is 0.203 e. The number of aryl methyl sites for hydroxylation is 2. The second-order valence-corrected chi connectivity index (χ2v) is 5.93. The molecule has 0 aliphatic carbocycles. The van der Waals surface area contributed by atoms with Crippen LogP contribution in [0.1, 0.15) is 46.7 Å². The Hall–Kier alpha value is -0.990. The van der Waals surface area contributed by atoms with E-state index in [0.29, 0.717) is 17.8 Å². The highest BCUT2D eigenvalue weighted by molar-refractivity contribution is 5.28. The number of rotatable bonds is 7. The van der Waals surface area contributed by atoms with E-state index in [-0.39, 0.29) is 0 Å². The molecule has 104 valence electrons. The lowest BCUT2D eigenvalue weighted by atomic mass is 9.85. The summed E-state index contributed by atoms with van der Waals surface area (Å²) < 4.78 is 2.23. The van der Waals surface area contributed by atoms with Crippen LogP contribution in [-0.4, -0.2) is 16.1 Å². The van der Waals surface area contributed by atoms with Crippen LogP contribution in [0.3, 0.4) is 0 Å². The molecule has 0 radical (unpaired) electrons. The molecular weight excluding hydrogens is 222 g/mol. The summed E-state index contributed by atoms with van der Waals surface area (Å²) >= 11 is 0. The fourth-order valence-corrected chi connectivity index (χ4v) is 2.55. The van der Waals surface area contributed by atoms with Crippen LogP contribution in [0.4, 0.5) is 5.95 Å². The van der Waals surface area contributed by atoms with Crippen molar-refractivity contribution in [1.29, 1.82) is 0 Å². The summed E-state index contributed by atoms with van der Waals surface area (Å²) in [5.41, 5.74) is 1.09. The fraction of sp³-hybridized carbons (Fsp3) is 0.800. The average molecular weight is 251 g/mol. The van der Waals surface area contributed by atoms with Gasteiger partial charge in [-0.2, -0.15) is 0 Å². The van der Waals surface area contributed by atoms with E-state index in [9.17, 15) is 0 Å². The van der Waals surface area contributed by atoms with Gasteiger partial charge in [-0.05, 0) is 31.1 Å². The molecule has 3 heteroatoms. The normalized spacial score (nSPS) is 11.8. The van der Waals surface area contributed by atoms with E-state index in [1.54, 1.807) is 0 Å². The second kappa shape index (κ2) is 6.81. The lowest BCUT2D eigenvalue weighted by Crippen LogP contribution is -2.25. The molecule has 0 spiro atoms. The van der Waals surface area contributed by atoms with Crippen LogP contribution >= 0.6 is 0 Å². The van der Waals surface area contributed by atoms with Crippen LogP contribution in [0.15, 0.2) is 6.20 Å². The molecule has 1 N–H and O–H groups in total. The van der Waals surface area contributed by atoms with Crippen molar-refractivity contribution in [2.24, 2.45) is 17.8 Å². The van der Waals surface area contributed by atoms with Crippen molar-refractivity contribution in [2.45, 2.75) is 54.5 Å². The van der Waals surface area contributed by atoms with Gasteiger partial charge in [-0.1, -0.05) is 34.6 Å². The van der Waals surface area contributed by atoms with Crippen LogP contribution in [-0.2, 0) is 6.54 Å². The van der Waals surface area contributed by atoms with Gasteiger partial charge in [-0.3, -0.25) is 0 Å². The first-order chi connectivity index (χ1) is 8.45. The number of nitrogens with zero attached hydrogens (tertiary/aromatic N) is 2. The lowest BCUT2D eigenvalue weighted by Gasteiger charge is -2.25. The van der Waals surface area contributed by atoms with E-state index in [0.717, 1.165) is 31.2 Å². The molecule has 0 atom stereocenters. The first-order valence-corrected chi connectivity index (χ1v) is 7.23. The summed E-state index contributed by atoms with van der Waals surface area (Å²) in [5, 5.41) is 3.53. The third-order valence-electron chi connectivity index (χ3n) is 3.57. The Balaban J connectivity index is 2.66. The molecule has 3 nitrogen and oxygen atoms in total. The number of imidazole rings is 1. The number of hydrogen-bond donors (Lipinski definition) is 1. The van der Waals surface area contributed by atoms with Gasteiger partial charge in [0.1, 0.15) is 0 Å². The molecule has 18 heavy (non-hydrogen) atoms. The van der Waals surface area contributed by atoms with Gasteiger partial charge in [0, 0.05) is 19.3 Å². The first kappa shape index (κ1) is 15.1. The van der Waals surface area contributed by atoms with Gasteiger partial charge in [0.15, 0.2) is 0 Å². The SMILES string of the molecule is CCCn1cc(C)nc1NCC(C(C)C)C(C)C. The third-order valence-corrected chi connectivity index (χ3v) is 3.57. The van der Waals surface area contributed by atoms with Gasteiger partial charge in [-0.15, -0.1) is 0 Å². The summed E-state index contributed by atoms with van der Waals surface area (Å²) in [4.78, 5) is 4.57. The standard InChI is InChI=1S/C15H29N3/c1-7-8-18-10-13(6)17-15(18)16-9-14(11(2)3)12(4)5/h10-12,14H,7-9H2,1-6H3,(H,16,17). The zero-order chi connectivity index (χ0) is 13.7. The highest BCUT2D eigenvalue weighted by Gasteiger charge is 2.18. The lowest BCUT2D eigenvalue weighted by molar-refractivity contribution is 0.303. The van der Waals surface area contributed by atoms with E-state index < -0.39 is 0 Å². The predicted molar refractivity (Wildman–Crippen MR) is 78.9 cm³/mol. The predicted octanol–water partition coefficient (Wildman–Crippen LogP) is 3.94. The molecule has 0 aliphatic rings. The molecule has 0 bridgehead atoms. The second-order valence-electron chi connectivity index (χ2n) is 5.93. The van der Waals surface area contributed by atoms with Gasteiger partial charge in [0.25, 0.3) is 0 Å². The van der Waals surface area contributed by atoms with Crippen LogP contribution < -0.4 is 5.32 Å². The zero-order valence-electron chi connectivity index (χ0n) is 12.8. The van der Waals surface area contributed by atoms with Crippen molar-refractivity contribution < 1.29 is 0 Å². The van der Waals surface area contributed by atoms with E-state index in [2.05, 4.69) is 62.6 Å². The molecular formula is C15H29N3. The Morgan fingerprint density at radius 1 is 1.22 bits per heavy atom. The van der Waals surface area contributed by atoms with Crippen LogP contribution in [0.5, 0.6) is 0 Å². The average Bonchev–Trinajstić information content (AvgIpc) is 2.59. The largest absolute Gasteiger partial charge is 0.355 e. The van der Waals surface area contributed by atoms with E-state index in [1.807, 2.05) is 0 Å². The molecule has 1 aromatic heterocycles. The summed E-state index contributed by atoms with van der Waals surface area (Å²) in [6, 6.07) is 0. The quantitative estimate of drug-likeness (QED) is 0.795. The monoisotopic (exact) mass is 251 g/mol. The molecule has 0 aliphatic heterocycles. The van der Waals surface area contributed by atoms with Crippen LogP contribution in [0.25, 0.3) is 0 Å². The fourth-order valence-electron chi connectivity index (χ4n) is 2.55. The van der Waals surface area contributed by atoms with Crippen molar-refractivity contribution in [2.75, 3.05) is 11.9 Å². The Labute approximate surface area is 112 Å². The molecule has 0 unspecified atom stereocenters. The van der Waals surface area contributed by atoms with E-state index in [4.69, 9.17) is 0 Å².